The predicted molar refractivity (Wildman–Crippen MR) is 41.3 cm³/mol. The van der Waals surface area contributed by atoms with E-state index in [2.05, 4.69) is 9.05 Å². The average Bonchev–Trinajstić information content (AvgIpc) is 1.93. The third-order valence-electron chi connectivity index (χ3n) is 0.683. The van der Waals surface area contributed by atoms with Crippen LogP contribution in [0.3, 0.4) is 0 Å². The molecule has 0 aliphatic carbocycles. The molecule has 0 aromatic rings. The van der Waals surface area contributed by atoms with Crippen LogP contribution in [0.2, 0.25) is 0 Å². The zero-order valence-corrected chi connectivity index (χ0v) is 8.45. The molecule has 0 saturated heterocycles. The molecule has 0 aliphatic rings. The maximum absolute atomic E-state index is 10.1. The first-order valence-corrected chi connectivity index (χ1v) is 5.91. The van der Waals surface area contributed by atoms with E-state index in [1.807, 2.05) is 0 Å². The predicted octanol–water partition coefficient (Wildman–Crippen LogP) is -0.719. The van der Waals surface area contributed by atoms with E-state index in [9.17, 15) is 19.2 Å². The summed E-state index contributed by atoms with van der Waals surface area (Å²) < 4.78 is 27.2. The standard InChI is InChI=1S/C2H5NO10P2/c4-3(5)2(13-15(9,10)11)1-12-14(6,7)8/h1H,(H2,6,7,8)(H2,9,10,11)/b2-1+. The van der Waals surface area contributed by atoms with Gasteiger partial charge in [0.15, 0.2) is 0 Å². The van der Waals surface area contributed by atoms with Crippen molar-refractivity contribution >= 4 is 15.6 Å². The molecular formula is C2H5NO10P2. The molecule has 0 amide bonds. The van der Waals surface area contributed by atoms with Crippen molar-refractivity contribution in [1.82, 2.24) is 0 Å². The van der Waals surface area contributed by atoms with Crippen molar-refractivity contribution in [3.63, 3.8) is 0 Å². The van der Waals surface area contributed by atoms with E-state index in [1.165, 1.54) is 0 Å². The van der Waals surface area contributed by atoms with Crippen molar-refractivity contribution in [3.8, 4) is 0 Å². The second-order valence-corrected chi connectivity index (χ2v) is 4.25. The first-order valence-electron chi connectivity index (χ1n) is 2.85. The fourth-order valence-electron chi connectivity index (χ4n) is 0.333. The first-order chi connectivity index (χ1) is 6.51. The smallest absolute Gasteiger partial charge is 0.401 e. The van der Waals surface area contributed by atoms with E-state index in [1.54, 1.807) is 0 Å². The van der Waals surface area contributed by atoms with Gasteiger partial charge >= 0.3 is 21.5 Å². The number of nitro groups is 1. The summed E-state index contributed by atoms with van der Waals surface area (Å²) in [4.78, 5) is 41.2. The highest BCUT2D eigenvalue weighted by molar-refractivity contribution is 7.46. The van der Waals surface area contributed by atoms with Crippen molar-refractivity contribution in [2.24, 2.45) is 0 Å². The van der Waals surface area contributed by atoms with Crippen LogP contribution >= 0.6 is 15.6 Å². The summed E-state index contributed by atoms with van der Waals surface area (Å²) in [5.74, 6) is -1.63. The molecule has 0 aromatic heterocycles. The lowest BCUT2D eigenvalue weighted by molar-refractivity contribution is -0.456. The number of rotatable bonds is 5. The van der Waals surface area contributed by atoms with Gasteiger partial charge in [0.2, 0.25) is 6.26 Å². The molecule has 88 valence electrons. The van der Waals surface area contributed by atoms with Gasteiger partial charge in [-0.3, -0.25) is 29.7 Å². The van der Waals surface area contributed by atoms with Gasteiger partial charge in [0.05, 0.1) is 0 Å². The normalized spacial score (nSPS) is 13.5. The Morgan fingerprint density at radius 1 is 1.20 bits per heavy atom. The first kappa shape index (κ1) is 14.0. The van der Waals surface area contributed by atoms with Gasteiger partial charge in [-0.15, -0.1) is 0 Å². The summed E-state index contributed by atoms with van der Waals surface area (Å²) >= 11 is 0. The van der Waals surface area contributed by atoms with E-state index < -0.39 is 26.5 Å². The van der Waals surface area contributed by atoms with Gasteiger partial charge in [0.1, 0.15) is 4.92 Å². The minimum Gasteiger partial charge on any atom is -0.401 e. The molecule has 0 unspecified atom stereocenters. The molecule has 0 atom stereocenters. The zero-order chi connectivity index (χ0) is 12.3. The Balaban J connectivity index is 4.77. The third-order valence-corrected chi connectivity index (χ3v) is 1.49. The van der Waals surface area contributed by atoms with E-state index in [0.29, 0.717) is 0 Å². The second kappa shape index (κ2) is 4.71. The lowest BCUT2D eigenvalue weighted by Gasteiger charge is -2.04. The van der Waals surface area contributed by atoms with Crippen LogP contribution < -0.4 is 0 Å². The molecule has 0 spiro atoms. The van der Waals surface area contributed by atoms with Crippen LogP contribution in [0.5, 0.6) is 0 Å². The van der Waals surface area contributed by atoms with Crippen LogP contribution in [-0.2, 0) is 18.2 Å². The van der Waals surface area contributed by atoms with Crippen LogP contribution in [0, 0.1) is 10.1 Å². The summed E-state index contributed by atoms with van der Waals surface area (Å²) in [5, 5.41) is 10.0. The molecule has 0 saturated carbocycles. The van der Waals surface area contributed by atoms with Gasteiger partial charge in [-0.2, -0.15) is 0 Å². The topological polar surface area (TPSA) is 177 Å². The molecule has 0 fully saturated rings. The number of phosphoric acid groups is 2. The molecule has 0 aliphatic heterocycles. The molecule has 0 rings (SSSR count). The highest BCUT2D eigenvalue weighted by atomic mass is 31.2. The monoisotopic (exact) mass is 265 g/mol. The molecular weight excluding hydrogens is 260 g/mol. The molecule has 4 N–H and O–H groups in total. The highest BCUT2D eigenvalue weighted by Gasteiger charge is 2.28. The molecule has 11 nitrogen and oxygen atoms in total. The van der Waals surface area contributed by atoms with Crippen molar-refractivity contribution in [2.75, 3.05) is 0 Å². The van der Waals surface area contributed by atoms with E-state index in [-0.39, 0.29) is 6.26 Å². The van der Waals surface area contributed by atoms with Gasteiger partial charge < -0.3 is 9.05 Å². The van der Waals surface area contributed by atoms with Crippen molar-refractivity contribution < 1.29 is 42.7 Å². The molecule has 0 aromatic carbocycles. The van der Waals surface area contributed by atoms with Crippen molar-refractivity contribution in [3.05, 3.63) is 22.3 Å². The Morgan fingerprint density at radius 3 is 1.93 bits per heavy atom. The SMILES string of the molecule is O=[N+]([O-])/C(=C\OP(=O)(O)O)OP(=O)(O)O. The van der Waals surface area contributed by atoms with Crippen molar-refractivity contribution in [2.45, 2.75) is 0 Å². The zero-order valence-electron chi connectivity index (χ0n) is 6.66. The minimum absolute atomic E-state index is 0.208. The molecule has 13 heteroatoms. The third kappa shape index (κ3) is 8.06. The van der Waals surface area contributed by atoms with Gasteiger partial charge in [0, 0.05) is 0 Å². The largest absolute Gasteiger partial charge is 0.529 e. The van der Waals surface area contributed by atoms with Gasteiger partial charge in [0.25, 0.3) is 0 Å². The Morgan fingerprint density at radius 2 is 1.67 bits per heavy atom. The van der Waals surface area contributed by atoms with Gasteiger partial charge in [-0.1, -0.05) is 0 Å². The fraction of sp³-hybridized carbons (Fsp3) is 0. The maximum Gasteiger partial charge on any atom is 0.529 e. The Bertz CT molecular complexity index is 360. The molecule has 0 radical (unpaired) electrons. The summed E-state index contributed by atoms with van der Waals surface area (Å²) in [6, 6.07) is 0. The van der Waals surface area contributed by atoms with Crippen molar-refractivity contribution in [1.29, 1.82) is 0 Å². The summed E-state index contributed by atoms with van der Waals surface area (Å²) in [6.07, 6.45) is -0.208. The Kier molecular flexibility index (Phi) is 4.41. The molecule has 0 heterocycles. The summed E-state index contributed by atoms with van der Waals surface area (Å²) in [7, 11) is -10.2. The lowest BCUT2D eigenvalue weighted by atomic mass is 10.9. The lowest BCUT2D eigenvalue weighted by Crippen LogP contribution is -2.03. The number of hydrogen-bond donors (Lipinski definition) is 4. The van der Waals surface area contributed by atoms with E-state index in [0.717, 1.165) is 0 Å². The van der Waals surface area contributed by atoms with E-state index in [4.69, 9.17) is 19.6 Å². The number of phosphoric ester groups is 2. The fourth-order valence-corrected chi connectivity index (χ4v) is 0.914. The summed E-state index contributed by atoms with van der Waals surface area (Å²) in [5.41, 5.74) is 0. The molecule has 15 heavy (non-hydrogen) atoms. The second-order valence-electron chi connectivity index (χ2n) is 1.89. The van der Waals surface area contributed by atoms with Gasteiger partial charge in [-0.05, 0) is 0 Å². The number of hydrogen-bond acceptors (Lipinski definition) is 6. The van der Waals surface area contributed by atoms with E-state index >= 15 is 0 Å². The quantitative estimate of drug-likeness (QED) is 0.214. The Hall–Kier alpha value is -0.960. The average molecular weight is 265 g/mol. The van der Waals surface area contributed by atoms with Crippen LogP contribution in [0.15, 0.2) is 12.1 Å². The Labute approximate surface area is 81.6 Å². The van der Waals surface area contributed by atoms with Crippen LogP contribution in [0.1, 0.15) is 0 Å². The van der Waals surface area contributed by atoms with Gasteiger partial charge in [-0.25, -0.2) is 9.13 Å². The van der Waals surface area contributed by atoms with Crippen LogP contribution in [0.25, 0.3) is 0 Å². The maximum atomic E-state index is 10.1. The number of nitrogens with zero attached hydrogens (tertiary/aromatic N) is 1. The highest BCUT2D eigenvalue weighted by Crippen LogP contribution is 2.41. The molecule has 0 bridgehead atoms. The minimum atomic E-state index is -5.20. The van der Waals surface area contributed by atoms with Crippen LogP contribution in [0.4, 0.5) is 0 Å². The van der Waals surface area contributed by atoms with Crippen LogP contribution in [-0.4, -0.2) is 24.5 Å². The summed E-state index contributed by atoms with van der Waals surface area (Å²) in [6.45, 7) is 0.